The summed E-state index contributed by atoms with van der Waals surface area (Å²) in [6, 6.07) is 5.45. The summed E-state index contributed by atoms with van der Waals surface area (Å²) in [5.41, 5.74) is 0. The van der Waals surface area contributed by atoms with Crippen LogP contribution in [-0.2, 0) is 16.0 Å². The van der Waals surface area contributed by atoms with Crippen LogP contribution < -0.4 is 10.6 Å². The van der Waals surface area contributed by atoms with Crippen molar-refractivity contribution in [3.8, 4) is 0 Å². The Labute approximate surface area is 148 Å². The summed E-state index contributed by atoms with van der Waals surface area (Å²) < 4.78 is 5.07. The van der Waals surface area contributed by atoms with E-state index in [9.17, 15) is 14.4 Å². The summed E-state index contributed by atoms with van der Waals surface area (Å²) >= 11 is 1.56. The maximum absolute atomic E-state index is 12.7. The molecule has 2 fully saturated rings. The minimum absolute atomic E-state index is 0.0900. The number of fused-ring (bicyclic) bond motifs is 1. The quantitative estimate of drug-likeness (QED) is 0.844. The molecule has 2 aromatic rings. The zero-order chi connectivity index (χ0) is 17.4. The first-order chi connectivity index (χ1) is 12.1. The molecule has 0 aromatic carbocycles. The van der Waals surface area contributed by atoms with E-state index in [-0.39, 0.29) is 23.5 Å². The first kappa shape index (κ1) is 15.9. The molecule has 3 unspecified atom stereocenters. The molecule has 2 aliphatic heterocycles. The Balaban J connectivity index is 1.46. The van der Waals surface area contributed by atoms with Crippen LogP contribution in [0.15, 0.2) is 40.3 Å². The van der Waals surface area contributed by atoms with Gasteiger partial charge in [0.25, 0.3) is 5.91 Å². The number of hydrogen-bond donors (Lipinski definition) is 2. The van der Waals surface area contributed by atoms with Crippen LogP contribution in [0, 0.1) is 0 Å². The van der Waals surface area contributed by atoms with Gasteiger partial charge in [-0.15, -0.1) is 11.3 Å². The van der Waals surface area contributed by atoms with Gasteiger partial charge in [0, 0.05) is 17.8 Å². The van der Waals surface area contributed by atoms with Crippen molar-refractivity contribution in [2.24, 2.45) is 0 Å². The zero-order valence-electron chi connectivity index (χ0n) is 13.3. The predicted octanol–water partition coefficient (Wildman–Crippen LogP) is 0.782. The molecule has 2 N–H and O–H groups in total. The lowest BCUT2D eigenvalue weighted by Gasteiger charge is -2.36. The van der Waals surface area contributed by atoms with E-state index < -0.39 is 18.1 Å². The SMILES string of the molecule is O=C(NC1CCN2C(=O)C(Cc3cccs3)NC(=O)C12)c1ccco1. The van der Waals surface area contributed by atoms with Gasteiger partial charge in [0.2, 0.25) is 11.8 Å². The molecule has 4 heterocycles. The molecule has 7 nitrogen and oxygen atoms in total. The Kier molecular flexibility index (Phi) is 4.04. The maximum Gasteiger partial charge on any atom is 0.287 e. The molecule has 130 valence electrons. The molecule has 0 bridgehead atoms. The number of nitrogens with one attached hydrogen (secondary N) is 2. The van der Waals surface area contributed by atoms with Crippen LogP contribution in [-0.4, -0.2) is 47.3 Å². The largest absolute Gasteiger partial charge is 0.459 e. The molecule has 0 spiro atoms. The van der Waals surface area contributed by atoms with Gasteiger partial charge < -0.3 is 20.0 Å². The summed E-state index contributed by atoms with van der Waals surface area (Å²) in [6.45, 7) is 0.459. The standard InChI is InChI=1S/C17H17N3O4S/c21-15(13-4-1-7-24-13)18-11-5-6-20-14(11)16(22)19-12(17(20)23)9-10-3-2-8-25-10/h1-4,7-8,11-12,14H,5-6,9H2,(H,18,21)(H,19,22). The number of carbonyl (C=O) groups excluding carboxylic acids is 3. The summed E-state index contributed by atoms with van der Waals surface area (Å²) in [5.74, 6) is -0.495. The highest BCUT2D eigenvalue weighted by atomic mass is 32.1. The number of rotatable bonds is 4. The number of nitrogens with zero attached hydrogens (tertiary/aromatic N) is 1. The van der Waals surface area contributed by atoms with Crippen LogP contribution in [0.25, 0.3) is 0 Å². The molecule has 25 heavy (non-hydrogen) atoms. The Morgan fingerprint density at radius 1 is 1.36 bits per heavy atom. The first-order valence-corrected chi connectivity index (χ1v) is 8.99. The number of hydrogen-bond acceptors (Lipinski definition) is 5. The van der Waals surface area contributed by atoms with Crippen LogP contribution in [0.4, 0.5) is 0 Å². The van der Waals surface area contributed by atoms with E-state index >= 15 is 0 Å². The molecular formula is C17H17N3O4S. The fourth-order valence-corrected chi connectivity index (χ4v) is 4.20. The van der Waals surface area contributed by atoms with Gasteiger partial charge in [-0.05, 0) is 30.0 Å². The highest BCUT2D eigenvalue weighted by molar-refractivity contribution is 7.09. The number of thiophene rings is 1. The summed E-state index contributed by atoms with van der Waals surface area (Å²) in [4.78, 5) is 40.1. The van der Waals surface area contributed by atoms with E-state index in [1.807, 2.05) is 17.5 Å². The van der Waals surface area contributed by atoms with E-state index in [2.05, 4.69) is 10.6 Å². The van der Waals surface area contributed by atoms with E-state index in [1.54, 1.807) is 28.4 Å². The Hall–Kier alpha value is -2.61. The van der Waals surface area contributed by atoms with Gasteiger partial charge >= 0.3 is 0 Å². The first-order valence-electron chi connectivity index (χ1n) is 8.11. The van der Waals surface area contributed by atoms with Gasteiger partial charge in [0.05, 0.1) is 12.3 Å². The van der Waals surface area contributed by atoms with E-state index in [4.69, 9.17) is 4.42 Å². The number of carbonyl (C=O) groups is 3. The number of amides is 3. The second-order valence-corrected chi connectivity index (χ2v) is 7.20. The van der Waals surface area contributed by atoms with Crippen molar-refractivity contribution in [1.82, 2.24) is 15.5 Å². The van der Waals surface area contributed by atoms with E-state index in [0.29, 0.717) is 19.4 Å². The molecule has 0 saturated carbocycles. The predicted molar refractivity (Wildman–Crippen MR) is 90.0 cm³/mol. The molecule has 2 aliphatic rings. The van der Waals surface area contributed by atoms with Crippen LogP contribution in [0.1, 0.15) is 21.9 Å². The smallest absolute Gasteiger partial charge is 0.287 e. The van der Waals surface area contributed by atoms with Crippen molar-refractivity contribution in [2.75, 3.05) is 6.54 Å². The van der Waals surface area contributed by atoms with Gasteiger partial charge in [0.1, 0.15) is 12.1 Å². The Morgan fingerprint density at radius 3 is 2.96 bits per heavy atom. The second-order valence-electron chi connectivity index (χ2n) is 6.17. The molecule has 0 radical (unpaired) electrons. The highest BCUT2D eigenvalue weighted by Gasteiger charge is 2.48. The van der Waals surface area contributed by atoms with E-state index in [1.165, 1.54) is 6.26 Å². The topological polar surface area (TPSA) is 91.7 Å². The molecule has 4 rings (SSSR count). The lowest BCUT2D eigenvalue weighted by atomic mass is 10.0. The molecule has 3 amide bonds. The monoisotopic (exact) mass is 359 g/mol. The molecule has 3 atom stereocenters. The van der Waals surface area contributed by atoms with E-state index in [0.717, 1.165) is 4.88 Å². The third kappa shape index (κ3) is 2.93. The Bertz CT molecular complexity index is 787. The van der Waals surface area contributed by atoms with Gasteiger partial charge in [-0.2, -0.15) is 0 Å². The van der Waals surface area contributed by atoms with Crippen LogP contribution >= 0.6 is 11.3 Å². The lowest BCUT2D eigenvalue weighted by molar-refractivity contribution is -0.147. The van der Waals surface area contributed by atoms with Crippen LogP contribution in [0.5, 0.6) is 0 Å². The molecule has 0 aliphatic carbocycles. The van der Waals surface area contributed by atoms with Crippen LogP contribution in [0.2, 0.25) is 0 Å². The summed E-state index contributed by atoms with van der Waals surface area (Å²) in [5, 5.41) is 7.57. The highest BCUT2D eigenvalue weighted by Crippen LogP contribution is 2.25. The minimum Gasteiger partial charge on any atom is -0.459 e. The lowest BCUT2D eigenvalue weighted by Crippen LogP contribution is -2.65. The average Bonchev–Trinajstić information content (AvgIpc) is 3.33. The average molecular weight is 359 g/mol. The van der Waals surface area contributed by atoms with Crippen molar-refractivity contribution in [3.05, 3.63) is 46.5 Å². The summed E-state index contributed by atoms with van der Waals surface area (Å²) in [6.07, 6.45) is 2.46. The fourth-order valence-electron chi connectivity index (χ4n) is 3.45. The Morgan fingerprint density at radius 2 is 2.24 bits per heavy atom. The van der Waals surface area contributed by atoms with Gasteiger partial charge in [-0.3, -0.25) is 14.4 Å². The third-order valence-corrected chi connectivity index (χ3v) is 5.51. The molecular weight excluding hydrogens is 342 g/mol. The number of furan rings is 1. The van der Waals surface area contributed by atoms with Gasteiger partial charge in [-0.25, -0.2) is 0 Å². The molecule has 2 aromatic heterocycles. The van der Waals surface area contributed by atoms with Crippen molar-refractivity contribution >= 4 is 29.1 Å². The van der Waals surface area contributed by atoms with Crippen molar-refractivity contribution in [3.63, 3.8) is 0 Å². The normalized spacial score (nSPS) is 25.6. The van der Waals surface area contributed by atoms with Crippen molar-refractivity contribution in [2.45, 2.75) is 31.0 Å². The van der Waals surface area contributed by atoms with Gasteiger partial charge in [-0.1, -0.05) is 6.07 Å². The van der Waals surface area contributed by atoms with Crippen molar-refractivity contribution in [1.29, 1.82) is 0 Å². The zero-order valence-corrected chi connectivity index (χ0v) is 14.1. The second kappa shape index (κ2) is 6.36. The van der Waals surface area contributed by atoms with Crippen molar-refractivity contribution < 1.29 is 18.8 Å². The minimum atomic E-state index is -0.661. The molecule has 8 heteroatoms. The maximum atomic E-state index is 12.7. The fraction of sp³-hybridized carbons (Fsp3) is 0.353. The van der Waals surface area contributed by atoms with Gasteiger partial charge in [0.15, 0.2) is 5.76 Å². The summed E-state index contributed by atoms with van der Waals surface area (Å²) in [7, 11) is 0. The molecule has 2 saturated heterocycles. The number of piperazine rings is 1. The third-order valence-electron chi connectivity index (χ3n) is 4.61. The van der Waals surface area contributed by atoms with Crippen LogP contribution in [0.3, 0.4) is 0 Å².